The first-order valence-electron chi connectivity index (χ1n) is 6.06. The molecule has 1 aliphatic rings. The van der Waals surface area contributed by atoms with E-state index in [1.54, 1.807) is 6.08 Å². The molecule has 0 aromatic heterocycles. The summed E-state index contributed by atoms with van der Waals surface area (Å²) in [5, 5.41) is 0. The molecule has 2 heteroatoms. The molecule has 0 amide bonds. The highest BCUT2D eigenvalue weighted by Gasteiger charge is 2.16. The Morgan fingerprint density at radius 1 is 1.40 bits per heavy atom. The van der Waals surface area contributed by atoms with Gasteiger partial charge in [-0.25, -0.2) is 4.79 Å². The minimum absolute atomic E-state index is 0.159. The number of ether oxygens (including phenoxy) is 1. The lowest BCUT2D eigenvalue weighted by Crippen LogP contribution is -2.10. The van der Waals surface area contributed by atoms with Gasteiger partial charge < -0.3 is 4.74 Å². The van der Waals surface area contributed by atoms with Gasteiger partial charge >= 0.3 is 5.97 Å². The van der Waals surface area contributed by atoms with Gasteiger partial charge in [-0.05, 0) is 32.1 Å². The van der Waals surface area contributed by atoms with Gasteiger partial charge in [0, 0.05) is 6.08 Å². The predicted octanol–water partition coefficient (Wildman–Crippen LogP) is 3.47. The van der Waals surface area contributed by atoms with Crippen molar-refractivity contribution >= 4 is 5.97 Å². The number of carbonyl (C=O) groups excluding carboxylic acids is 1. The van der Waals surface area contributed by atoms with Crippen molar-refractivity contribution in [2.45, 2.75) is 52.4 Å². The zero-order valence-corrected chi connectivity index (χ0v) is 9.92. The van der Waals surface area contributed by atoms with Gasteiger partial charge in [0.25, 0.3) is 0 Å². The van der Waals surface area contributed by atoms with E-state index >= 15 is 0 Å². The highest BCUT2D eigenvalue weighted by molar-refractivity contribution is 5.82. The minimum Gasteiger partial charge on any atom is -0.462 e. The van der Waals surface area contributed by atoms with Crippen LogP contribution < -0.4 is 0 Å². The molecule has 0 radical (unpaired) electrons. The van der Waals surface area contributed by atoms with Crippen LogP contribution in [0.2, 0.25) is 0 Å². The molecule has 0 bridgehead atoms. The molecule has 1 fully saturated rings. The fourth-order valence-corrected chi connectivity index (χ4v) is 2.09. The molecule has 0 spiro atoms. The maximum atomic E-state index is 11.4. The van der Waals surface area contributed by atoms with E-state index in [1.807, 2.05) is 6.92 Å². The van der Waals surface area contributed by atoms with E-state index in [1.165, 1.54) is 25.7 Å². The summed E-state index contributed by atoms with van der Waals surface area (Å²) in [5.41, 5.74) is 1.12. The second-order valence-corrected chi connectivity index (χ2v) is 4.52. The smallest absolute Gasteiger partial charge is 0.330 e. The maximum absolute atomic E-state index is 11.4. The van der Waals surface area contributed by atoms with Crippen LogP contribution >= 0.6 is 0 Å². The second kappa shape index (κ2) is 6.65. The molecule has 0 N–H and O–H groups in total. The lowest BCUT2D eigenvalue weighted by molar-refractivity contribution is -0.139. The van der Waals surface area contributed by atoms with Gasteiger partial charge in [0.05, 0.1) is 6.61 Å². The van der Waals surface area contributed by atoms with E-state index < -0.39 is 0 Å². The summed E-state index contributed by atoms with van der Waals surface area (Å²) in [6, 6.07) is 0. The molecule has 0 heterocycles. The van der Waals surface area contributed by atoms with Crippen LogP contribution in [0.3, 0.4) is 0 Å². The summed E-state index contributed by atoms with van der Waals surface area (Å²) >= 11 is 0. The van der Waals surface area contributed by atoms with E-state index in [0.717, 1.165) is 18.4 Å². The molecule has 0 saturated heterocycles. The van der Waals surface area contributed by atoms with E-state index in [2.05, 4.69) is 6.92 Å². The van der Waals surface area contributed by atoms with Gasteiger partial charge in [-0.3, -0.25) is 0 Å². The number of hydrogen-bond donors (Lipinski definition) is 0. The standard InChI is InChI=1S/C13H22O2/c1-3-6-11(2)9-13(14)15-10-12-7-4-5-8-12/h9,12H,3-8,10H2,1-2H3. The fourth-order valence-electron chi connectivity index (χ4n) is 2.09. The zero-order chi connectivity index (χ0) is 11.1. The first kappa shape index (κ1) is 12.3. The summed E-state index contributed by atoms with van der Waals surface area (Å²) in [5.74, 6) is 0.460. The quantitative estimate of drug-likeness (QED) is 0.513. The van der Waals surface area contributed by atoms with Crippen LogP contribution in [0.1, 0.15) is 52.4 Å². The summed E-state index contributed by atoms with van der Waals surface area (Å²) in [4.78, 5) is 11.4. The Bertz CT molecular complexity index is 225. The Hall–Kier alpha value is -0.790. The van der Waals surface area contributed by atoms with Crippen LogP contribution in [0.4, 0.5) is 0 Å². The first-order chi connectivity index (χ1) is 7.22. The maximum Gasteiger partial charge on any atom is 0.330 e. The van der Waals surface area contributed by atoms with Crippen molar-refractivity contribution in [1.82, 2.24) is 0 Å². The fraction of sp³-hybridized carbons (Fsp3) is 0.769. The van der Waals surface area contributed by atoms with Crippen molar-refractivity contribution in [2.75, 3.05) is 6.61 Å². The summed E-state index contributed by atoms with van der Waals surface area (Å²) in [6.45, 7) is 4.72. The summed E-state index contributed by atoms with van der Waals surface area (Å²) in [6.07, 6.45) is 8.75. The number of carbonyl (C=O) groups is 1. The highest BCUT2D eigenvalue weighted by Crippen LogP contribution is 2.24. The predicted molar refractivity (Wildman–Crippen MR) is 61.6 cm³/mol. The molecule has 1 saturated carbocycles. The minimum atomic E-state index is -0.159. The Kier molecular flexibility index (Phi) is 5.44. The SMILES string of the molecule is CCCC(C)=CC(=O)OCC1CCCC1. The third kappa shape index (κ3) is 5.01. The lowest BCUT2D eigenvalue weighted by Gasteiger charge is -2.08. The molecule has 0 atom stereocenters. The van der Waals surface area contributed by atoms with Crippen molar-refractivity contribution in [1.29, 1.82) is 0 Å². The van der Waals surface area contributed by atoms with Crippen LogP contribution in [0.5, 0.6) is 0 Å². The van der Waals surface area contributed by atoms with Crippen molar-refractivity contribution in [3.63, 3.8) is 0 Å². The van der Waals surface area contributed by atoms with E-state index in [9.17, 15) is 4.79 Å². The van der Waals surface area contributed by atoms with Gasteiger partial charge in [-0.15, -0.1) is 0 Å². The van der Waals surface area contributed by atoms with Gasteiger partial charge in [0.15, 0.2) is 0 Å². The lowest BCUT2D eigenvalue weighted by atomic mass is 10.1. The first-order valence-corrected chi connectivity index (χ1v) is 6.06. The number of hydrogen-bond acceptors (Lipinski definition) is 2. The van der Waals surface area contributed by atoms with Gasteiger partial charge in [-0.1, -0.05) is 31.8 Å². The molecule has 0 unspecified atom stereocenters. The summed E-state index contributed by atoms with van der Waals surface area (Å²) in [7, 11) is 0. The number of allylic oxidation sites excluding steroid dienone is 1. The normalized spacial score (nSPS) is 18.1. The van der Waals surface area contributed by atoms with E-state index in [4.69, 9.17) is 4.74 Å². The van der Waals surface area contributed by atoms with Crippen LogP contribution in [-0.4, -0.2) is 12.6 Å². The second-order valence-electron chi connectivity index (χ2n) is 4.52. The molecule has 86 valence electrons. The molecule has 2 nitrogen and oxygen atoms in total. The zero-order valence-electron chi connectivity index (χ0n) is 9.92. The third-order valence-electron chi connectivity index (χ3n) is 2.94. The Morgan fingerprint density at radius 3 is 2.67 bits per heavy atom. The van der Waals surface area contributed by atoms with Crippen LogP contribution in [0, 0.1) is 5.92 Å². The van der Waals surface area contributed by atoms with E-state index in [-0.39, 0.29) is 5.97 Å². The van der Waals surface area contributed by atoms with Gasteiger partial charge in [-0.2, -0.15) is 0 Å². The number of esters is 1. The number of rotatable bonds is 5. The van der Waals surface area contributed by atoms with Crippen LogP contribution in [-0.2, 0) is 9.53 Å². The van der Waals surface area contributed by atoms with Gasteiger partial charge in [0.2, 0.25) is 0 Å². The van der Waals surface area contributed by atoms with Crippen molar-refractivity contribution in [3.8, 4) is 0 Å². The molecular weight excluding hydrogens is 188 g/mol. The average molecular weight is 210 g/mol. The monoisotopic (exact) mass is 210 g/mol. The van der Waals surface area contributed by atoms with Crippen LogP contribution in [0.15, 0.2) is 11.6 Å². The Balaban J connectivity index is 2.20. The van der Waals surface area contributed by atoms with Crippen LogP contribution in [0.25, 0.3) is 0 Å². The molecule has 0 aliphatic heterocycles. The molecular formula is C13H22O2. The van der Waals surface area contributed by atoms with Crippen molar-refractivity contribution in [3.05, 3.63) is 11.6 Å². The summed E-state index contributed by atoms with van der Waals surface area (Å²) < 4.78 is 5.23. The molecule has 0 aromatic rings. The molecule has 1 aliphatic carbocycles. The topological polar surface area (TPSA) is 26.3 Å². The van der Waals surface area contributed by atoms with Crippen molar-refractivity contribution < 1.29 is 9.53 Å². The Labute approximate surface area is 92.7 Å². The Morgan fingerprint density at radius 2 is 2.07 bits per heavy atom. The van der Waals surface area contributed by atoms with Crippen molar-refractivity contribution in [2.24, 2.45) is 5.92 Å². The van der Waals surface area contributed by atoms with E-state index in [0.29, 0.717) is 12.5 Å². The van der Waals surface area contributed by atoms with Gasteiger partial charge in [0.1, 0.15) is 0 Å². The molecule has 0 aromatic carbocycles. The third-order valence-corrected chi connectivity index (χ3v) is 2.94. The average Bonchev–Trinajstić information content (AvgIpc) is 2.67. The highest BCUT2D eigenvalue weighted by atomic mass is 16.5. The molecule has 1 rings (SSSR count). The largest absolute Gasteiger partial charge is 0.462 e. The molecule has 15 heavy (non-hydrogen) atoms.